The van der Waals surface area contributed by atoms with Crippen molar-refractivity contribution in [3.8, 4) is 0 Å². The Bertz CT molecular complexity index is 559. The van der Waals surface area contributed by atoms with Gasteiger partial charge in [-0.15, -0.1) is 0 Å². The lowest BCUT2D eigenvalue weighted by Gasteiger charge is -2.22. The van der Waals surface area contributed by atoms with Gasteiger partial charge in [-0.05, 0) is 37.5 Å². The molecule has 1 heterocycles. The van der Waals surface area contributed by atoms with Crippen molar-refractivity contribution < 1.29 is 4.79 Å². The number of benzene rings is 1. The summed E-state index contributed by atoms with van der Waals surface area (Å²) in [4.78, 5) is 20.3. The van der Waals surface area contributed by atoms with Gasteiger partial charge in [0.05, 0.1) is 0 Å². The molecule has 5 nitrogen and oxygen atoms in total. The summed E-state index contributed by atoms with van der Waals surface area (Å²) in [7, 11) is 2.03. The number of guanidine groups is 1. The Morgan fingerprint density at radius 3 is 2.75 bits per heavy atom. The zero-order valence-corrected chi connectivity index (χ0v) is 15.4. The highest BCUT2D eigenvalue weighted by Gasteiger charge is 2.18. The first-order valence-corrected chi connectivity index (χ1v) is 8.99. The monoisotopic (exact) mass is 350 g/mol. The fraction of sp³-hybridized carbons (Fsp3) is 0.556. The zero-order chi connectivity index (χ0) is 17.4. The second kappa shape index (κ2) is 9.52. The Kier molecular flexibility index (Phi) is 7.37. The highest BCUT2D eigenvalue weighted by molar-refractivity contribution is 6.30. The summed E-state index contributed by atoms with van der Waals surface area (Å²) in [6.45, 7) is 6.09. The standard InChI is InChI=1S/C18H27ClN4O/c1-3-20-18(21-11-5-13-23-12-4-6-17(23)24)22(2)14-15-7-9-16(19)10-8-15/h7-10H,3-6,11-14H2,1-2H3,(H,20,21). The van der Waals surface area contributed by atoms with Crippen LogP contribution in [0.3, 0.4) is 0 Å². The van der Waals surface area contributed by atoms with Gasteiger partial charge in [0.2, 0.25) is 5.91 Å². The van der Waals surface area contributed by atoms with Crippen molar-refractivity contribution in [3.63, 3.8) is 0 Å². The molecule has 1 aromatic carbocycles. The van der Waals surface area contributed by atoms with Crippen molar-refractivity contribution in [2.75, 3.05) is 33.2 Å². The number of rotatable bonds is 7. The van der Waals surface area contributed by atoms with E-state index in [-0.39, 0.29) is 5.91 Å². The van der Waals surface area contributed by atoms with E-state index >= 15 is 0 Å². The van der Waals surface area contributed by atoms with E-state index in [0.29, 0.717) is 6.42 Å². The Morgan fingerprint density at radius 1 is 1.38 bits per heavy atom. The minimum Gasteiger partial charge on any atom is -0.357 e. The molecule has 1 fully saturated rings. The molecule has 0 bridgehead atoms. The number of likely N-dealkylation sites (tertiary alicyclic amines) is 1. The van der Waals surface area contributed by atoms with Crippen LogP contribution in [-0.2, 0) is 11.3 Å². The molecule has 1 aliphatic rings. The molecule has 6 heteroatoms. The number of halogens is 1. The van der Waals surface area contributed by atoms with Gasteiger partial charge in [0.25, 0.3) is 0 Å². The molecule has 1 amide bonds. The zero-order valence-electron chi connectivity index (χ0n) is 14.6. The lowest BCUT2D eigenvalue weighted by molar-refractivity contribution is -0.127. The SMILES string of the molecule is CCNC(=NCCCN1CCCC1=O)N(C)Cc1ccc(Cl)cc1. The van der Waals surface area contributed by atoms with Crippen LogP contribution in [0.15, 0.2) is 29.3 Å². The van der Waals surface area contributed by atoms with Crippen molar-refractivity contribution in [1.29, 1.82) is 0 Å². The van der Waals surface area contributed by atoms with Crippen LogP contribution in [0.25, 0.3) is 0 Å². The third-order valence-electron chi connectivity index (χ3n) is 4.05. The van der Waals surface area contributed by atoms with Gasteiger partial charge >= 0.3 is 0 Å². The maximum Gasteiger partial charge on any atom is 0.222 e. The summed E-state index contributed by atoms with van der Waals surface area (Å²) >= 11 is 5.93. The largest absolute Gasteiger partial charge is 0.357 e. The Labute approximate surface area is 149 Å². The lowest BCUT2D eigenvalue weighted by Crippen LogP contribution is -2.38. The number of hydrogen-bond acceptors (Lipinski definition) is 2. The maximum atomic E-state index is 11.6. The Hall–Kier alpha value is -1.75. The fourth-order valence-corrected chi connectivity index (χ4v) is 2.92. The van der Waals surface area contributed by atoms with E-state index < -0.39 is 0 Å². The molecule has 0 atom stereocenters. The number of carbonyl (C=O) groups excluding carboxylic acids is 1. The van der Waals surface area contributed by atoms with E-state index in [1.165, 1.54) is 5.56 Å². The van der Waals surface area contributed by atoms with Crippen molar-refractivity contribution in [2.45, 2.75) is 32.7 Å². The molecule has 0 saturated carbocycles. The highest BCUT2D eigenvalue weighted by Crippen LogP contribution is 2.11. The summed E-state index contributed by atoms with van der Waals surface area (Å²) < 4.78 is 0. The van der Waals surface area contributed by atoms with Gasteiger partial charge in [0.15, 0.2) is 5.96 Å². The van der Waals surface area contributed by atoms with Gasteiger partial charge in [0, 0.05) is 51.2 Å². The quantitative estimate of drug-likeness (QED) is 0.467. The summed E-state index contributed by atoms with van der Waals surface area (Å²) in [5, 5.41) is 4.07. The van der Waals surface area contributed by atoms with Gasteiger partial charge in [-0.3, -0.25) is 9.79 Å². The van der Waals surface area contributed by atoms with Crippen LogP contribution in [0.4, 0.5) is 0 Å². The fourth-order valence-electron chi connectivity index (χ4n) is 2.80. The van der Waals surface area contributed by atoms with Crippen LogP contribution in [-0.4, -0.2) is 54.9 Å². The summed E-state index contributed by atoms with van der Waals surface area (Å²) in [6, 6.07) is 7.87. The maximum absolute atomic E-state index is 11.6. The number of amides is 1. The van der Waals surface area contributed by atoms with Gasteiger partial charge < -0.3 is 15.1 Å². The van der Waals surface area contributed by atoms with E-state index in [1.807, 2.05) is 36.2 Å². The second-order valence-electron chi connectivity index (χ2n) is 6.06. The molecular formula is C18H27ClN4O. The van der Waals surface area contributed by atoms with Crippen molar-refractivity contribution in [3.05, 3.63) is 34.9 Å². The highest BCUT2D eigenvalue weighted by atomic mass is 35.5. The van der Waals surface area contributed by atoms with E-state index in [0.717, 1.165) is 56.5 Å². The molecule has 0 unspecified atom stereocenters. The predicted molar refractivity (Wildman–Crippen MR) is 99.3 cm³/mol. The van der Waals surface area contributed by atoms with Gasteiger partial charge in [-0.25, -0.2) is 0 Å². The number of hydrogen-bond donors (Lipinski definition) is 1. The minimum absolute atomic E-state index is 0.283. The molecule has 1 saturated heterocycles. The average Bonchev–Trinajstić information content (AvgIpc) is 2.97. The molecule has 0 spiro atoms. The average molecular weight is 351 g/mol. The number of aliphatic imine (C=N–C) groups is 1. The van der Waals surface area contributed by atoms with E-state index in [4.69, 9.17) is 11.6 Å². The van der Waals surface area contributed by atoms with Crippen LogP contribution in [0.2, 0.25) is 5.02 Å². The van der Waals surface area contributed by atoms with Crippen LogP contribution < -0.4 is 5.32 Å². The summed E-state index contributed by atoms with van der Waals surface area (Å²) in [6.07, 6.45) is 2.60. The van der Waals surface area contributed by atoms with Gasteiger partial charge in [0.1, 0.15) is 0 Å². The third-order valence-corrected chi connectivity index (χ3v) is 4.30. The lowest BCUT2D eigenvalue weighted by atomic mass is 10.2. The summed E-state index contributed by atoms with van der Waals surface area (Å²) in [5.41, 5.74) is 1.19. The molecule has 1 N–H and O–H groups in total. The minimum atomic E-state index is 0.283. The second-order valence-corrected chi connectivity index (χ2v) is 6.49. The van der Waals surface area contributed by atoms with Crippen LogP contribution in [0.1, 0.15) is 31.7 Å². The molecule has 1 aromatic rings. The smallest absolute Gasteiger partial charge is 0.222 e. The van der Waals surface area contributed by atoms with E-state index in [2.05, 4.69) is 22.1 Å². The first-order chi connectivity index (χ1) is 11.6. The number of nitrogens with zero attached hydrogens (tertiary/aromatic N) is 3. The van der Waals surface area contributed by atoms with Crippen molar-refractivity contribution in [2.24, 2.45) is 4.99 Å². The van der Waals surface area contributed by atoms with E-state index in [9.17, 15) is 4.79 Å². The predicted octanol–water partition coefficient (Wildman–Crippen LogP) is 2.75. The molecular weight excluding hydrogens is 324 g/mol. The summed E-state index contributed by atoms with van der Waals surface area (Å²) in [5.74, 6) is 1.17. The normalized spacial score (nSPS) is 15.0. The van der Waals surface area contributed by atoms with Crippen molar-refractivity contribution >= 4 is 23.5 Å². The first kappa shape index (κ1) is 18.6. The van der Waals surface area contributed by atoms with Crippen LogP contribution in [0.5, 0.6) is 0 Å². The third kappa shape index (κ3) is 5.71. The van der Waals surface area contributed by atoms with Gasteiger partial charge in [-0.2, -0.15) is 0 Å². The number of carbonyl (C=O) groups is 1. The molecule has 2 rings (SSSR count). The van der Waals surface area contributed by atoms with Crippen molar-refractivity contribution in [1.82, 2.24) is 15.1 Å². The van der Waals surface area contributed by atoms with Gasteiger partial charge in [-0.1, -0.05) is 23.7 Å². The Balaban J connectivity index is 1.84. The van der Waals surface area contributed by atoms with Crippen LogP contribution >= 0.6 is 11.6 Å². The number of nitrogens with one attached hydrogen (secondary N) is 1. The molecule has 0 aromatic heterocycles. The van der Waals surface area contributed by atoms with E-state index in [1.54, 1.807) is 0 Å². The molecule has 0 radical (unpaired) electrons. The molecule has 24 heavy (non-hydrogen) atoms. The van der Waals surface area contributed by atoms with Crippen LogP contribution in [0, 0.1) is 0 Å². The Morgan fingerprint density at radius 2 is 2.12 bits per heavy atom. The molecule has 0 aliphatic carbocycles. The molecule has 1 aliphatic heterocycles. The first-order valence-electron chi connectivity index (χ1n) is 8.62. The molecule has 132 valence electrons. The topological polar surface area (TPSA) is 47.9 Å².